The van der Waals surface area contributed by atoms with Crippen molar-refractivity contribution in [3.8, 4) is 11.3 Å². The van der Waals surface area contributed by atoms with Gasteiger partial charge in [0.25, 0.3) is 11.5 Å². The van der Waals surface area contributed by atoms with E-state index < -0.39 is 34.4 Å². The van der Waals surface area contributed by atoms with Gasteiger partial charge in [-0.1, -0.05) is 43.3 Å². The predicted molar refractivity (Wildman–Crippen MR) is 111 cm³/mol. The van der Waals surface area contributed by atoms with Crippen LogP contribution in [0.25, 0.3) is 27.5 Å². The predicted octanol–water partition coefficient (Wildman–Crippen LogP) is 4.39. The SMILES string of the molecule is CC[C@@H](C)NC(=O)c1nn2cc(-c3ccc4ccccc4c3)[nH]c(=O)c2c1C(F)(F)F. The van der Waals surface area contributed by atoms with Gasteiger partial charge in [0.2, 0.25) is 0 Å². The van der Waals surface area contributed by atoms with Crippen molar-refractivity contribution in [3.05, 3.63) is 70.3 Å². The molecule has 0 aliphatic rings. The maximum Gasteiger partial charge on any atom is 0.421 e. The lowest BCUT2D eigenvalue weighted by atomic mass is 10.1. The van der Waals surface area contributed by atoms with Gasteiger partial charge in [-0.25, -0.2) is 4.52 Å². The molecule has 160 valence electrons. The van der Waals surface area contributed by atoms with E-state index in [4.69, 9.17) is 0 Å². The lowest BCUT2D eigenvalue weighted by Gasteiger charge is -2.11. The second-order valence-corrected chi connectivity index (χ2v) is 7.36. The number of amides is 1. The second kappa shape index (κ2) is 7.57. The molecule has 0 radical (unpaired) electrons. The third-order valence-electron chi connectivity index (χ3n) is 5.17. The van der Waals surface area contributed by atoms with E-state index >= 15 is 0 Å². The van der Waals surface area contributed by atoms with Crippen molar-refractivity contribution in [2.75, 3.05) is 0 Å². The summed E-state index contributed by atoms with van der Waals surface area (Å²) in [6, 6.07) is 12.7. The molecule has 9 heteroatoms. The lowest BCUT2D eigenvalue weighted by molar-refractivity contribution is -0.136. The fourth-order valence-corrected chi connectivity index (χ4v) is 3.41. The number of aromatic nitrogens is 3. The Kier molecular flexibility index (Phi) is 5.04. The minimum atomic E-state index is -4.93. The quantitative estimate of drug-likeness (QED) is 0.506. The number of nitrogens with zero attached hydrogens (tertiary/aromatic N) is 2. The van der Waals surface area contributed by atoms with Crippen LogP contribution in [0.1, 0.15) is 36.3 Å². The molecule has 2 heterocycles. The van der Waals surface area contributed by atoms with Crippen molar-refractivity contribution >= 4 is 22.2 Å². The maximum atomic E-state index is 13.8. The highest BCUT2D eigenvalue weighted by Gasteiger charge is 2.41. The van der Waals surface area contributed by atoms with Crippen molar-refractivity contribution in [3.63, 3.8) is 0 Å². The zero-order chi connectivity index (χ0) is 22.3. The van der Waals surface area contributed by atoms with Crippen LogP contribution in [0.15, 0.2) is 53.5 Å². The fraction of sp³-hybridized carbons (Fsp3) is 0.227. The summed E-state index contributed by atoms with van der Waals surface area (Å²) in [6.07, 6.45) is -3.11. The molecule has 6 nitrogen and oxygen atoms in total. The van der Waals surface area contributed by atoms with Gasteiger partial charge in [0.1, 0.15) is 11.1 Å². The van der Waals surface area contributed by atoms with E-state index in [0.29, 0.717) is 12.0 Å². The molecule has 0 aliphatic carbocycles. The molecule has 2 N–H and O–H groups in total. The van der Waals surface area contributed by atoms with Gasteiger partial charge in [-0.15, -0.1) is 0 Å². The molecule has 1 atom stereocenters. The maximum absolute atomic E-state index is 13.8. The molecule has 0 aliphatic heterocycles. The van der Waals surface area contributed by atoms with E-state index in [1.54, 1.807) is 19.9 Å². The summed E-state index contributed by atoms with van der Waals surface area (Å²) in [6.45, 7) is 3.46. The largest absolute Gasteiger partial charge is 0.421 e. The number of hydrogen-bond acceptors (Lipinski definition) is 3. The second-order valence-electron chi connectivity index (χ2n) is 7.36. The van der Waals surface area contributed by atoms with Crippen LogP contribution in [-0.2, 0) is 6.18 Å². The molecule has 0 saturated carbocycles. The highest BCUT2D eigenvalue weighted by molar-refractivity contribution is 5.96. The molecule has 4 aromatic rings. The standard InChI is InChI=1S/C22H19F3N4O2/c1-3-12(2)26-20(30)18-17(22(23,24)25)19-21(31)27-16(11-29(19)28-18)15-9-8-13-6-4-5-7-14(13)10-15/h4-12H,3H2,1-2H3,(H,26,30)(H,27,31)/t12-/m1/s1. The first kappa shape index (κ1) is 20.6. The van der Waals surface area contributed by atoms with Gasteiger partial charge in [0.15, 0.2) is 5.69 Å². The summed E-state index contributed by atoms with van der Waals surface area (Å²) >= 11 is 0. The average Bonchev–Trinajstić information content (AvgIpc) is 3.14. The zero-order valence-corrected chi connectivity index (χ0v) is 16.7. The summed E-state index contributed by atoms with van der Waals surface area (Å²) < 4.78 is 42.2. The summed E-state index contributed by atoms with van der Waals surface area (Å²) in [5, 5.41) is 8.21. The highest BCUT2D eigenvalue weighted by Crippen LogP contribution is 2.34. The van der Waals surface area contributed by atoms with Gasteiger partial charge < -0.3 is 10.3 Å². The number of fused-ring (bicyclic) bond motifs is 2. The number of H-pyrrole nitrogens is 1. The molecule has 2 aromatic carbocycles. The molecule has 31 heavy (non-hydrogen) atoms. The monoisotopic (exact) mass is 428 g/mol. The molecule has 1 amide bonds. The number of halogens is 3. The topological polar surface area (TPSA) is 79.3 Å². The number of carbonyl (C=O) groups is 1. The third-order valence-corrected chi connectivity index (χ3v) is 5.17. The van der Waals surface area contributed by atoms with E-state index in [-0.39, 0.29) is 11.7 Å². The molecule has 0 bridgehead atoms. The first-order valence-corrected chi connectivity index (χ1v) is 9.72. The van der Waals surface area contributed by atoms with Crippen LogP contribution in [0.4, 0.5) is 13.2 Å². The smallest absolute Gasteiger partial charge is 0.348 e. The average molecular weight is 428 g/mol. The first-order valence-electron chi connectivity index (χ1n) is 9.72. The molecule has 0 saturated heterocycles. The molecular formula is C22H19F3N4O2. The minimum Gasteiger partial charge on any atom is -0.348 e. The number of carbonyl (C=O) groups excluding carboxylic acids is 1. The molecule has 2 aromatic heterocycles. The summed E-state index contributed by atoms with van der Waals surface area (Å²) in [7, 11) is 0. The molecule has 4 rings (SSSR count). The van der Waals surface area contributed by atoms with E-state index in [9.17, 15) is 22.8 Å². The number of hydrogen-bond donors (Lipinski definition) is 2. The van der Waals surface area contributed by atoms with Crippen molar-refractivity contribution in [1.29, 1.82) is 0 Å². The van der Waals surface area contributed by atoms with Gasteiger partial charge in [0.05, 0.1) is 11.9 Å². The van der Waals surface area contributed by atoms with Crippen LogP contribution in [-0.4, -0.2) is 26.5 Å². The van der Waals surface area contributed by atoms with Gasteiger partial charge >= 0.3 is 6.18 Å². The lowest BCUT2D eigenvalue weighted by Crippen LogP contribution is -2.33. The van der Waals surface area contributed by atoms with Gasteiger partial charge in [-0.2, -0.15) is 18.3 Å². The Labute approximate surface area is 174 Å². The minimum absolute atomic E-state index is 0.286. The van der Waals surface area contributed by atoms with E-state index in [2.05, 4.69) is 15.4 Å². The van der Waals surface area contributed by atoms with Crippen molar-refractivity contribution < 1.29 is 18.0 Å². The van der Waals surface area contributed by atoms with Gasteiger partial charge in [-0.3, -0.25) is 9.59 Å². The van der Waals surface area contributed by atoms with Crippen LogP contribution in [0.5, 0.6) is 0 Å². The van der Waals surface area contributed by atoms with Gasteiger partial charge in [0, 0.05) is 11.6 Å². The van der Waals surface area contributed by atoms with Crippen LogP contribution >= 0.6 is 0 Å². The van der Waals surface area contributed by atoms with Gasteiger partial charge in [-0.05, 0) is 30.2 Å². The number of nitrogens with one attached hydrogen (secondary N) is 2. The van der Waals surface area contributed by atoms with E-state index in [1.807, 2.05) is 36.4 Å². The Bertz CT molecular complexity index is 1350. The Hall–Kier alpha value is -3.62. The van der Waals surface area contributed by atoms with Crippen LogP contribution in [0.3, 0.4) is 0 Å². The van der Waals surface area contributed by atoms with E-state index in [0.717, 1.165) is 15.3 Å². The molecule has 0 spiro atoms. The van der Waals surface area contributed by atoms with E-state index in [1.165, 1.54) is 6.20 Å². The third kappa shape index (κ3) is 3.78. The number of aromatic amines is 1. The molecular weight excluding hydrogens is 409 g/mol. The Morgan fingerprint density at radius 1 is 1.19 bits per heavy atom. The zero-order valence-electron chi connectivity index (χ0n) is 16.7. The van der Waals surface area contributed by atoms with Crippen molar-refractivity contribution in [2.45, 2.75) is 32.5 Å². The van der Waals surface area contributed by atoms with Crippen LogP contribution in [0.2, 0.25) is 0 Å². The molecule has 0 unspecified atom stereocenters. The van der Waals surface area contributed by atoms with Crippen molar-refractivity contribution in [2.24, 2.45) is 0 Å². The first-order chi connectivity index (χ1) is 14.7. The Balaban J connectivity index is 1.90. The Morgan fingerprint density at radius 3 is 2.58 bits per heavy atom. The number of rotatable bonds is 4. The van der Waals surface area contributed by atoms with Crippen LogP contribution in [0, 0.1) is 0 Å². The van der Waals surface area contributed by atoms with Crippen molar-refractivity contribution in [1.82, 2.24) is 19.9 Å². The number of alkyl halides is 3. The summed E-state index contributed by atoms with van der Waals surface area (Å²) in [4.78, 5) is 27.6. The van der Waals surface area contributed by atoms with Crippen LogP contribution < -0.4 is 10.9 Å². The highest BCUT2D eigenvalue weighted by atomic mass is 19.4. The summed E-state index contributed by atoms with van der Waals surface area (Å²) in [5.74, 6) is -0.975. The Morgan fingerprint density at radius 2 is 1.90 bits per heavy atom. The molecule has 0 fully saturated rings. The number of benzene rings is 2. The summed E-state index contributed by atoms with van der Waals surface area (Å²) in [5.41, 5.74) is -2.98. The fourth-order valence-electron chi connectivity index (χ4n) is 3.41. The normalized spacial score (nSPS) is 12.9.